The highest BCUT2D eigenvalue weighted by Crippen LogP contribution is 2.33. The van der Waals surface area contributed by atoms with Crippen LogP contribution in [0.25, 0.3) is 16.5 Å². The van der Waals surface area contributed by atoms with Gasteiger partial charge in [-0.25, -0.2) is 0 Å². The molecule has 1 aromatic carbocycles. The van der Waals surface area contributed by atoms with E-state index >= 15 is 0 Å². The third-order valence-corrected chi connectivity index (χ3v) is 6.44. The molecule has 29 heavy (non-hydrogen) atoms. The number of aromatic nitrogens is 2. The molecule has 150 valence electrons. The van der Waals surface area contributed by atoms with Gasteiger partial charge in [-0.3, -0.25) is 14.4 Å². The lowest BCUT2D eigenvalue weighted by atomic mass is 10.2. The molecule has 1 amide bonds. The number of rotatable bonds is 5. The molecule has 1 fully saturated rings. The standard InChI is InChI=1S/C22H23ClN4OS/c1-25-15-17(14-24-25)6-9-22(28)27-12-10-26(11-13-27)16-18-7-8-21(29-18)19-4-2-3-5-20(19)23/h2-9,14-15H,10-13,16H2,1H3. The fourth-order valence-corrected chi connectivity index (χ4v) is 4.80. The first-order chi connectivity index (χ1) is 14.1. The van der Waals surface area contributed by atoms with Crippen molar-refractivity contribution >= 4 is 34.9 Å². The maximum atomic E-state index is 12.4. The highest BCUT2D eigenvalue weighted by molar-refractivity contribution is 7.15. The summed E-state index contributed by atoms with van der Waals surface area (Å²) in [6.45, 7) is 4.16. The monoisotopic (exact) mass is 426 g/mol. The second kappa shape index (κ2) is 8.95. The third-order valence-electron chi connectivity index (χ3n) is 5.01. The van der Waals surface area contributed by atoms with Crippen LogP contribution in [0.5, 0.6) is 0 Å². The number of carbonyl (C=O) groups excluding carboxylic acids is 1. The van der Waals surface area contributed by atoms with Gasteiger partial charge in [-0.15, -0.1) is 11.3 Å². The van der Waals surface area contributed by atoms with Gasteiger partial charge in [0.2, 0.25) is 5.91 Å². The zero-order chi connectivity index (χ0) is 20.2. The highest BCUT2D eigenvalue weighted by Gasteiger charge is 2.20. The molecule has 7 heteroatoms. The first kappa shape index (κ1) is 19.9. The molecule has 0 saturated carbocycles. The number of aryl methyl sites for hydroxylation is 1. The Bertz CT molecular complexity index is 1020. The van der Waals surface area contributed by atoms with E-state index in [4.69, 9.17) is 11.6 Å². The van der Waals surface area contributed by atoms with Crippen LogP contribution in [-0.2, 0) is 18.4 Å². The van der Waals surface area contributed by atoms with Gasteiger partial charge in [0, 0.05) is 77.9 Å². The number of piperazine rings is 1. The Balaban J connectivity index is 1.29. The molecule has 0 aliphatic carbocycles. The van der Waals surface area contributed by atoms with Crippen LogP contribution in [0.4, 0.5) is 0 Å². The SMILES string of the molecule is Cn1cc(C=CC(=O)N2CCN(Cc3ccc(-c4ccccc4Cl)s3)CC2)cn1. The van der Waals surface area contributed by atoms with Crippen molar-refractivity contribution in [2.24, 2.45) is 7.05 Å². The van der Waals surface area contributed by atoms with Crippen molar-refractivity contribution in [2.45, 2.75) is 6.54 Å². The van der Waals surface area contributed by atoms with Crippen molar-refractivity contribution in [1.82, 2.24) is 19.6 Å². The van der Waals surface area contributed by atoms with Crippen LogP contribution in [0.15, 0.2) is 54.9 Å². The summed E-state index contributed by atoms with van der Waals surface area (Å²) in [5.74, 6) is 0.0608. The first-order valence-corrected chi connectivity index (χ1v) is 10.8. The molecule has 1 aliphatic rings. The number of thiophene rings is 1. The summed E-state index contributed by atoms with van der Waals surface area (Å²) in [6.07, 6.45) is 7.10. The Kier molecular flexibility index (Phi) is 6.13. The van der Waals surface area contributed by atoms with E-state index < -0.39 is 0 Å². The van der Waals surface area contributed by atoms with Crippen molar-refractivity contribution in [3.05, 3.63) is 70.3 Å². The number of amides is 1. The van der Waals surface area contributed by atoms with Gasteiger partial charge in [0.15, 0.2) is 0 Å². The van der Waals surface area contributed by atoms with Crippen molar-refractivity contribution < 1.29 is 4.79 Å². The van der Waals surface area contributed by atoms with Crippen LogP contribution in [0.2, 0.25) is 5.02 Å². The zero-order valence-electron chi connectivity index (χ0n) is 16.3. The van der Waals surface area contributed by atoms with E-state index in [1.165, 1.54) is 9.75 Å². The Morgan fingerprint density at radius 1 is 1.17 bits per heavy atom. The van der Waals surface area contributed by atoms with E-state index in [2.05, 4.69) is 28.2 Å². The third kappa shape index (κ3) is 4.96. The van der Waals surface area contributed by atoms with Crippen molar-refractivity contribution in [1.29, 1.82) is 0 Å². The summed E-state index contributed by atoms with van der Waals surface area (Å²) in [5.41, 5.74) is 2.02. The van der Waals surface area contributed by atoms with E-state index in [-0.39, 0.29) is 5.91 Å². The number of nitrogens with zero attached hydrogens (tertiary/aromatic N) is 4. The molecular formula is C22H23ClN4OS. The number of hydrogen-bond donors (Lipinski definition) is 0. The van der Waals surface area contributed by atoms with Gasteiger partial charge in [0.25, 0.3) is 0 Å². The van der Waals surface area contributed by atoms with Gasteiger partial charge < -0.3 is 4.90 Å². The predicted octanol–water partition coefficient (Wildman–Crippen LogP) is 4.16. The molecule has 2 aromatic heterocycles. The molecule has 1 aliphatic heterocycles. The molecule has 0 atom stereocenters. The summed E-state index contributed by atoms with van der Waals surface area (Å²) in [5, 5.41) is 4.89. The van der Waals surface area contributed by atoms with E-state index in [1.54, 1.807) is 28.3 Å². The van der Waals surface area contributed by atoms with Gasteiger partial charge in [0.05, 0.1) is 6.20 Å². The molecule has 0 N–H and O–H groups in total. The van der Waals surface area contributed by atoms with Crippen molar-refractivity contribution in [2.75, 3.05) is 26.2 Å². The van der Waals surface area contributed by atoms with Crippen LogP contribution in [0, 0.1) is 0 Å². The molecule has 0 spiro atoms. The number of hydrogen-bond acceptors (Lipinski definition) is 4. The molecule has 0 bridgehead atoms. The van der Waals surface area contributed by atoms with Crippen molar-refractivity contribution in [3.63, 3.8) is 0 Å². The fourth-order valence-electron chi connectivity index (χ4n) is 3.41. The lowest BCUT2D eigenvalue weighted by Gasteiger charge is -2.34. The molecule has 4 rings (SSSR count). The largest absolute Gasteiger partial charge is 0.337 e. The second-order valence-electron chi connectivity index (χ2n) is 7.13. The predicted molar refractivity (Wildman–Crippen MR) is 119 cm³/mol. The van der Waals surface area contributed by atoms with Crippen LogP contribution in [0.3, 0.4) is 0 Å². The summed E-state index contributed by atoms with van der Waals surface area (Å²) in [4.78, 5) is 19.2. The van der Waals surface area contributed by atoms with E-state index in [0.717, 1.165) is 48.9 Å². The minimum atomic E-state index is 0.0608. The minimum absolute atomic E-state index is 0.0608. The normalized spacial score (nSPS) is 15.3. The van der Waals surface area contributed by atoms with E-state index in [9.17, 15) is 4.79 Å². The summed E-state index contributed by atoms with van der Waals surface area (Å²) in [7, 11) is 1.86. The van der Waals surface area contributed by atoms with Crippen molar-refractivity contribution in [3.8, 4) is 10.4 Å². The van der Waals surface area contributed by atoms with Gasteiger partial charge in [-0.1, -0.05) is 29.8 Å². The van der Waals surface area contributed by atoms with E-state index in [0.29, 0.717) is 0 Å². The quantitative estimate of drug-likeness (QED) is 0.575. The van der Waals surface area contributed by atoms with Gasteiger partial charge in [-0.2, -0.15) is 5.10 Å². The minimum Gasteiger partial charge on any atom is -0.337 e. The summed E-state index contributed by atoms with van der Waals surface area (Å²) >= 11 is 8.10. The topological polar surface area (TPSA) is 41.4 Å². The van der Waals surface area contributed by atoms with Gasteiger partial charge in [0.1, 0.15) is 0 Å². The maximum Gasteiger partial charge on any atom is 0.246 e. The molecular weight excluding hydrogens is 404 g/mol. The Morgan fingerprint density at radius 2 is 1.97 bits per heavy atom. The average molecular weight is 427 g/mol. The molecule has 5 nitrogen and oxygen atoms in total. The van der Waals surface area contributed by atoms with Crippen LogP contribution in [-0.4, -0.2) is 51.7 Å². The summed E-state index contributed by atoms with van der Waals surface area (Å²) in [6, 6.07) is 12.3. The van der Waals surface area contributed by atoms with Gasteiger partial charge >= 0.3 is 0 Å². The average Bonchev–Trinajstić information content (AvgIpc) is 3.36. The maximum absolute atomic E-state index is 12.4. The number of carbonyl (C=O) groups is 1. The lowest BCUT2D eigenvalue weighted by molar-refractivity contribution is -0.127. The number of benzene rings is 1. The highest BCUT2D eigenvalue weighted by atomic mass is 35.5. The molecule has 1 saturated heterocycles. The Morgan fingerprint density at radius 3 is 2.69 bits per heavy atom. The Labute approximate surface area is 179 Å². The van der Waals surface area contributed by atoms with Gasteiger partial charge in [-0.05, 0) is 24.3 Å². The molecule has 3 aromatic rings. The molecule has 0 unspecified atom stereocenters. The summed E-state index contributed by atoms with van der Waals surface area (Å²) < 4.78 is 1.73. The molecule has 3 heterocycles. The second-order valence-corrected chi connectivity index (χ2v) is 8.70. The van der Waals surface area contributed by atoms with E-state index in [1.807, 2.05) is 42.4 Å². The van der Waals surface area contributed by atoms with Crippen LogP contribution in [0.1, 0.15) is 10.4 Å². The zero-order valence-corrected chi connectivity index (χ0v) is 17.9. The van der Waals surface area contributed by atoms with Crippen LogP contribution < -0.4 is 0 Å². The van der Waals surface area contributed by atoms with Crippen LogP contribution >= 0.6 is 22.9 Å². The smallest absolute Gasteiger partial charge is 0.246 e. The molecule has 0 radical (unpaired) electrons. The fraction of sp³-hybridized carbons (Fsp3) is 0.273. The first-order valence-electron chi connectivity index (χ1n) is 9.60. The Hall–Kier alpha value is -2.41. The lowest BCUT2D eigenvalue weighted by Crippen LogP contribution is -2.47. The number of halogens is 1.